The van der Waals surface area contributed by atoms with Crippen molar-refractivity contribution in [1.29, 1.82) is 0 Å². The van der Waals surface area contributed by atoms with Gasteiger partial charge >= 0.3 is 0 Å². The van der Waals surface area contributed by atoms with Gasteiger partial charge in [0, 0.05) is 11.3 Å². The van der Waals surface area contributed by atoms with Crippen molar-refractivity contribution < 1.29 is 0 Å². The van der Waals surface area contributed by atoms with Crippen LogP contribution in [-0.4, -0.2) is 9.55 Å². The summed E-state index contributed by atoms with van der Waals surface area (Å²) in [6.45, 7) is 0. The van der Waals surface area contributed by atoms with Crippen LogP contribution in [0.5, 0.6) is 0 Å². The van der Waals surface area contributed by atoms with E-state index in [0.29, 0.717) is 0 Å². The predicted octanol–water partition coefficient (Wildman–Crippen LogP) is 14.1. The van der Waals surface area contributed by atoms with Crippen LogP contribution in [0, 0.1) is 0 Å². The average molecular weight is 701 g/mol. The number of allylic oxidation sites excluding steroid dienone is 1. The van der Waals surface area contributed by atoms with Crippen LogP contribution in [-0.2, 0) is 6.42 Å². The van der Waals surface area contributed by atoms with Gasteiger partial charge in [0.15, 0.2) is 0 Å². The third-order valence-electron chi connectivity index (χ3n) is 11.5. The van der Waals surface area contributed by atoms with E-state index >= 15 is 0 Å². The Labute approximate surface area is 320 Å². The maximum absolute atomic E-state index is 5.27. The highest BCUT2D eigenvalue weighted by Gasteiger charge is 2.23. The summed E-state index contributed by atoms with van der Waals surface area (Å²) in [6, 6.07) is 66.3. The molecule has 0 amide bonds. The summed E-state index contributed by atoms with van der Waals surface area (Å²) in [5, 5.41) is 7.58. The first-order valence-corrected chi connectivity index (χ1v) is 19.2. The first-order chi connectivity index (χ1) is 27.3. The van der Waals surface area contributed by atoms with E-state index in [4.69, 9.17) is 4.98 Å². The Bertz CT molecular complexity index is 3130. The Kier molecular flexibility index (Phi) is 7.34. The number of imidazole rings is 1. The van der Waals surface area contributed by atoms with Gasteiger partial charge in [-0.1, -0.05) is 164 Å². The van der Waals surface area contributed by atoms with Gasteiger partial charge in [0.05, 0.1) is 11.0 Å². The van der Waals surface area contributed by atoms with Crippen LogP contribution >= 0.6 is 0 Å². The number of hydrogen-bond acceptors (Lipinski definition) is 1. The number of hydrogen-bond donors (Lipinski definition) is 0. The van der Waals surface area contributed by atoms with Crippen LogP contribution in [0.1, 0.15) is 17.5 Å². The summed E-state index contributed by atoms with van der Waals surface area (Å²) in [7, 11) is 0. The van der Waals surface area contributed by atoms with Crippen molar-refractivity contribution in [3.63, 3.8) is 0 Å². The van der Waals surface area contributed by atoms with E-state index < -0.39 is 0 Å². The van der Waals surface area contributed by atoms with E-state index in [1.54, 1.807) is 0 Å². The van der Waals surface area contributed by atoms with Gasteiger partial charge in [-0.2, -0.15) is 0 Å². The largest absolute Gasteiger partial charge is 0.292 e. The molecule has 0 aliphatic heterocycles. The number of aromatic nitrogens is 2. The minimum atomic E-state index is 0.970. The molecule has 1 aromatic heterocycles. The van der Waals surface area contributed by atoms with Gasteiger partial charge in [-0.05, 0) is 120 Å². The summed E-state index contributed by atoms with van der Waals surface area (Å²) in [6.07, 6.45) is 6.64. The summed E-state index contributed by atoms with van der Waals surface area (Å²) < 4.78 is 2.31. The number of nitrogens with zero attached hydrogens (tertiary/aromatic N) is 2. The van der Waals surface area contributed by atoms with Gasteiger partial charge in [-0.3, -0.25) is 4.57 Å². The van der Waals surface area contributed by atoms with Crippen molar-refractivity contribution in [3.8, 4) is 50.5 Å². The fourth-order valence-corrected chi connectivity index (χ4v) is 9.06. The second-order valence-corrected chi connectivity index (χ2v) is 14.5. The molecule has 258 valence electrons. The topological polar surface area (TPSA) is 17.8 Å². The molecule has 2 heteroatoms. The summed E-state index contributed by atoms with van der Waals surface area (Å²) in [5.41, 5.74) is 14.6. The van der Waals surface area contributed by atoms with Crippen molar-refractivity contribution in [3.05, 3.63) is 199 Å². The minimum Gasteiger partial charge on any atom is -0.292 e. The maximum atomic E-state index is 5.27. The van der Waals surface area contributed by atoms with Crippen molar-refractivity contribution in [1.82, 2.24) is 9.55 Å². The molecule has 1 aliphatic carbocycles. The predicted molar refractivity (Wildman–Crippen MR) is 233 cm³/mol. The zero-order valence-corrected chi connectivity index (χ0v) is 30.3. The minimum absolute atomic E-state index is 0.970. The van der Waals surface area contributed by atoms with Crippen LogP contribution in [0.3, 0.4) is 0 Å². The lowest BCUT2D eigenvalue weighted by Gasteiger charge is -2.22. The second kappa shape index (κ2) is 12.8. The molecule has 0 saturated heterocycles. The van der Waals surface area contributed by atoms with Crippen molar-refractivity contribution in [2.45, 2.75) is 12.8 Å². The Morgan fingerprint density at radius 1 is 0.455 bits per heavy atom. The summed E-state index contributed by atoms with van der Waals surface area (Å²) >= 11 is 0. The molecule has 0 bridgehead atoms. The standard InChI is InChI=1S/C53H36N2/c1-3-17-36(18-4-1)51-44-25-11-12-26-45(44)52(43-27-15-19-35-16-7-8-22-39(35)43)46-31-30-37(34-48(46)51)40-32-33-47(42-24-10-9-23-41(40)42)53-54-49-28-13-14-29-50(49)55(53)38-20-5-2-6-21-38/h1-8,10-22,24-34H,9,23H2. The Morgan fingerprint density at radius 3 is 1.98 bits per heavy atom. The molecule has 0 spiro atoms. The van der Waals surface area contributed by atoms with E-state index in [1.165, 1.54) is 76.8 Å². The van der Waals surface area contributed by atoms with Gasteiger partial charge in [0.25, 0.3) is 0 Å². The third kappa shape index (κ3) is 5.06. The second-order valence-electron chi connectivity index (χ2n) is 14.5. The molecule has 9 aromatic carbocycles. The van der Waals surface area contributed by atoms with Gasteiger partial charge in [-0.15, -0.1) is 0 Å². The van der Waals surface area contributed by atoms with Crippen LogP contribution in [0.15, 0.2) is 188 Å². The molecule has 0 radical (unpaired) electrons. The first kappa shape index (κ1) is 31.5. The number of para-hydroxylation sites is 3. The molecule has 0 fully saturated rings. The Balaban J connectivity index is 1.18. The van der Waals surface area contributed by atoms with Crippen LogP contribution < -0.4 is 0 Å². The van der Waals surface area contributed by atoms with Gasteiger partial charge in [0.1, 0.15) is 5.82 Å². The van der Waals surface area contributed by atoms with Crippen molar-refractivity contribution >= 4 is 49.4 Å². The van der Waals surface area contributed by atoms with Gasteiger partial charge in [0.2, 0.25) is 0 Å². The van der Waals surface area contributed by atoms with E-state index in [1.807, 2.05) is 0 Å². The molecule has 10 aromatic rings. The van der Waals surface area contributed by atoms with E-state index in [-0.39, 0.29) is 0 Å². The van der Waals surface area contributed by atoms with E-state index in [0.717, 1.165) is 41.0 Å². The number of benzene rings is 9. The molecule has 2 nitrogen and oxygen atoms in total. The zero-order valence-electron chi connectivity index (χ0n) is 30.3. The van der Waals surface area contributed by atoms with Gasteiger partial charge in [-0.25, -0.2) is 4.98 Å². The average Bonchev–Trinajstić information content (AvgIpc) is 3.65. The molecule has 55 heavy (non-hydrogen) atoms. The highest BCUT2D eigenvalue weighted by molar-refractivity contribution is 6.24. The van der Waals surface area contributed by atoms with Crippen LogP contribution in [0.25, 0.3) is 99.9 Å². The van der Waals surface area contributed by atoms with Crippen molar-refractivity contribution in [2.24, 2.45) is 0 Å². The molecule has 1 aliphatic rings. The van der Waals surface area contributed by atoms with Crippen LogP contribution in [0.2, 0.25) is 0 Å². The molecule has 0 unspecified atom stereocenters. The molecular formula is C53H36N2. The molecular weight excluding hydrogens is 665 g/mol. The maximum Gasteiger partial charge on any atom is 0.146 e. The molecule has 0 saturated carbocycles. The Morgan fingerprint density at radius 2 is 1.13 bits per heavy atom. The smallest absolute Gasteiger partial charge is 0.146 e. The SMILES string of the molecule is C1=Cc2c(-c3nc4ccccc4n3-c3ccccc3)ccc(-c3ccc4c(-c5cccc6ccccc56)c5ccccc5c(-c5ccccc5)c4c3)c2CC1. The molecule has 0 atom stereocenters. The molecule has 11 rings (SSSR count). The Hall–Kier alpha value is -7.03. The van der Waals surface area contributed by atoms with E-state index in [9.17, 15) is 0 Å². The van der Waals surface area contributed by atoms with Gasteiger partial charge < -0.3 is 0 Å². The third-order valence-corrected chi connectivity index (χ3v) is 11.5. The quantitative estimate of drug-likeness (QED) is 0.163. The lowest BCUT2D eigenvalue weighted by Crippen LogP contribution is -2.04. The summed E-state index contributed by atoms with van der Waals surface area (Å²) in [5.74, 6) is 0.970. The highest BCUT2D eigenvalue weighted by atomic mass is 15.1. The van der Waals surface area contributed by atoms with Crippen molar-refractivity contribution in [2.75, 3.05) is 0 Å². The monoisotopic (exact) mass is 700 g/mol. The number of rotatable bonds is 5. The fourth-order valence-electron chi connectivity index (χ4n) is 9.06. The van der Waals surface area contributed by atoms with E-state index in [2.05, 4.69) is 199 Å². The molecule has 0 N–H and O–H groups in total. The number of fused-ring (bicyclic) bond motifs is 5. The zero-order chi connectivity index (χ0) is 36.3. The molecule has 1 heterocycles. The first-order valence-electron chi connectivity index (χ1n) is 19.2. The lowest BCUT2D eigenvalue weighted by molar-refractivity contribution is 0.985. The van der Waals surface area contributed by atoms with Crippen LogP contribution in [0.4, 0.5) is 0 Å². The summed E-state index contributed by atoms with van der Waals surface area (Å²) in [4.78, 5) is 5.27. The fraction of sp³-hybridized carbons (Fsp3) is 0.0377. The highest BCUT2D eigenvalue weighted by Crippen LogP contribution is 2.47. The lowest BCUT2D eigenvalue weighted by atomic mass is 9.82. The normalized spacial score (nSPS) is 12.5.